The quantitative estimate of drug-likeness (QED) is 0.862. The highest BCUT2D eigenvalue weighted by molar-refractivity contribution is 6.31. The van der Waals surface area contributed by atoms with Crippen molar-refractivity contribution >= 4 is 23.2 Å². The average Bonchev–Trinajstić information content (AvgIpc) is 2.22. The minimum atomic E-state index is -0.0618. The molecule has 1 amide bonds. The molecule has 0 saturated heterocycles. The average molecular weight is 228 g/mol. The zero-order valence-electron chi connectivity index (χ0n) is 9.06. The fourth-order valence-corrected chi connectivity index (χ4v) is 1.32. The van der Waals surface area contributed by atoms with Crippen LogP contribution in [0, 0.1) is 6.92 Å². The molecule has 0 unspecified atom stereocenters. The number of amides is 1. The Bertz CT molecular complexity index is 377. The Balaban J connectivity index is 3.05. The van der Waals surface area contributed by atoms with Crippen molar-refractivity contribution < 1.29 is 9.53 Å². The van der Waals surface area contributed by atoms with Crippen LogP contribution in [0.15, 0.2) is 12.1 Å². The molecule has 15 heavy (non-hydrogen) atoms. The van der Waals surface area contributed by atoms with E-state index >= 15 is 0 Å². The summed E-state index contributed by atoms with van der Waals surface area (Å²) in [7, 11) is 1.56. The van der Waals surface area contributed by atoms with Crippen molar-refractivity contribution in [2.75, 3.05) is 12.4 Å². The highest BCUT2D eigenvalue weighted by Crippen LogP contribution is 2.30. The second kappa shape index (κ2) is 5.03. The lowest BCUT2D eigenvalue weighted by Crippen LogP contribution is -2.10. The van der Waals surface area contributed by atoms with Crippen molar-refractivity contribution in [3.05, 3.63) is 22.7 Å². The molecule has 1 rings (SSSR count). The van der Waals surface area contributed by atoms with E-state index in [1.807, 2.05) is 6.92 Å². The molecule has 0 spiro atoms. The summed E-state index contributed by atoms with van der Waals surface area (Å²) >= 11 is 5.96. The van der Waals surface area contributed by atoms with Crippen LogP contribution in [0.2, 0.25) is 5.02 Å². The molecule has 0 heterocycles. The summed E-state index contributed by atoms with van der Waals surface area (Å²) in [6.45, 7) is 3.67. The van der Waals surface area contributed by atoms with Gasteiger partial charge in [-0.2, -0.15) is 0 Å². The van der Waals surface area contributed by atoms with Crippen LogP contribution in [0.5, 0.6) is 5.75 Å². The highest BCUT2D eigenvalue weighted by Gasteiger charge is 2.08. The van der Waals surface area contributed by atoms with Gasteiger partial charge in [0, 0.05) is 11.4 Å². The molecule has 1 aromatic rings. The smallest absolute Gasteiger partial charge is 0.224 e. The Kier molecular flexibility index (Phi) is 3.97. The number of methoxy groups -OCH3 is 1. The van der Waals surface area contributed by atoms with E-state index in [1.165, 1.54) is 0 Å². The number of aryl methyl sites for hydroxylation is 1. The monoisotopic (exact) mass is 227 g/mol. The Morgan fingerprint density at radius 1 is 1.53 bits per heavy atom. The van der Waals surface area contributed by atoms with Gasteiger partial charge in [-0.05, 0) is 24.6 Å². The van der Waals surface area contributed by atoms with Crippen LogP contribution >= 0.6 is 11.6 Å². The fraction of sp³-hybridized carbons (Fsp3) is 0.364. The predicted molar refractivity (Wildman–Crippen MR) is 61.7 cm³/mol. The van der Waals surface area contributed by atoms with Gasteiger partial charge in [-0.25, -0.2) is 0 Å². The van der Waals surface area contributed by atoms with Crippen LogP contribution in [0.25, 0.3) is 0 Å². The van der Waals surface area contributed by atoms with Crippen LogP contribution in [0.3, 0.4) is 0 Å². The molecule has 1 N–H and O–H groups in total. The summed E-state index contributed by atoms with van der Waals surface area (Å²) in [5, 5.41) is 3.34. The molecule has 0 fully saturated rings. The van der Waals surface area contributed by atoms with Gasteiger partial charge in [-0.1, -0.05) is 18.5 Å². The third kappa shape index (κ3) is 2.86. The summed E-state index contributed by atoms with van der Waals surface area (Å²) in [4.78, 5) is 11.2. The fourth-order valence-electron chi connectivity index (χ4n) is 1.16. The van der Waals surface area contributed by atoms with E-state index in [9.17, 15) is 4.79 Å². The van der Waals surface area contributed by atoms with Gasteiger partial charge in [-0.3, -0.25) is 4.79 Å². The second-order valence-corrected chi connectivity index (χ2v) is 3.61. The van der Waals surface area contributed by atoms with E-state index in [0.717, 1.165) is 5.56 Å². The van der Waals surface area contributed by atoms with E-state index in [-0.39, 0.29) is 5.91 Å². The van der Waals surface area contributed by atoms with Gasteiger partial charge in [0.05, 0.1) is 12.8 Å². The lowest BCUT2D eigenvalue weighted by molar-refractivity contribution is -0.115. The van der Waals surface area contributed by atoms with Crippen LogP contribution in [-0.4, -0.2) is 13.0 Å². The number of hydrogen-bond donors (Lipinski definition) is 1. The first-order valence-corrected chi connectivity index (χ1v) is 5.10. The van der Waals surface area contributed by atoms with Gasteiger partial charge in [0.15, 0.2) is 0 Å². The van der Waals surface area contributed by atoms with Gasteiger partial charge < -0.3 is 10.1 Å². The largest absolute Gasteiger partial charge is 0.495 e. The molecule has 0 aliphatic heterocycles. The molecule has 82 valence electrons. The molecule has 0 saturated carbocycles. The first-order valence-electron chi connectivity index (χ1n) is 4.72. The van der Waals surface area contributed by atoms with Crippen molar-refractivity contribution in [1.82, 2.24) is 0 Å². The Morgan fingerprint density at radius 2 is 2.20 bits per heavy atom. The second-order valence-electron chi connectivity index (χ2n) is 3.20. The van der Waals surface area contributed by atoms with Gasteiger partial charge in [0.25, 0.3) is 0 Å². The summed E-state index contributed by atoms with van der Waals surface area (Å²) in [6.07, 6.45) is 0.425. The van der Waals surface area contributed by atoms with E-state index < -0.39 is 0 Å². The zero-order valence-corrected chi connectivity index (χ0v) is 9.81. The molecule has 3 nitrogen and oxygen atoms in total. The molecular formula is C11H14ClNO2. The molecule has 1 aromatic carbocycles. The molecule has 0 aromatic heterocycles. The maximum Gasteiger partial charge on any atom is 0.224 e. The molecular weight excluding hydrogens is 214 g/mol. The number of hydrogen-bond acceptors (Lipinski definition) is 2. The van der Waals surface area contributed by atoms with Crippen LogP contribution < -0.4 is 10.1 Å². The van der Waals surface area contributed by atoms with Crippen molar-refractivity contribution in [3.8, 4) is 5.75 Å². The summed E-state index contributed by atoms with van der Waals surface area (Å²) in [5.41, 5.74) is 1.53. The van der Waals surface area contributed by atoms with Crippen LogP contribution in [0.1, 0.15) is 18.9 Å². The molecule has 0 bridgehead atoms. The third-order valence-electron chi connectivity index (χ3n) is 2.08. The van der Waals surface area contributed by atoms with Crippen molar-refractivity contribution in [3.63, 3.8) is 0 Å². The minimum Gasteiger partial charge on any atom is -0.495 e. The number of halogens is 1. The summed E-state index contributed by atoms with van der Waals surface area (Å²) in [6, 6.07) is 3.50. The number of benzene rings is 1. The summed E-state index contributed by atoms with van der Waals surface area (Å²) < 4.78 is 5.15. The van der Waals surface area contributed by atoms with Crippen molar-refractivity contribution in [2.24, 2.45) is 0 Å². The highest BCUT2D eigenvalue weighted by atomic mass is 35.5. The number of anilines is 1. The molecule has 4 heteroatoms. The maximum atomic E-state index is 11.2. The Morgan fingerprint density at radius 3 is 2.73 bits per heavy atom. The van der Waals surface area contributed by atoms with Gasteiger partial charge in [-0.15, -0.1) is 0 Å². The normalized spacial score (nSPS) is 9.87. The number of rotatable bonds is 3. The number of ether oxygens (including phenoxy) is 1. The van der Waals surface area contributed by atoms with E-state index in [4.69, 9.17) is 16.3 Å². The SMILES string of the molecule is CCC(=O)Nc1cc(Cl)c(C)cc1OC. The molecule has 0 radical (unpaired) electrons. The van der Waals surface area contributed by atoms with Crippen LogP contribution in [0.4, 0.5) is 5.69 Å². The van der Waals surface area contributed by atoms with Crippen molar-refractivity contribution in [2.45, 2.75) is 20.3 Å². The van der Waals surface area contributed by atoms with Gasteiger partial charge in [0.1, 0.15) is 5.75 Å². The van der Waals surface area contributed by atoms with E-state index in [0.29, 0.717) is 22.9 Å². The minimum absolute atomic E-state index is 0.0618. The topological polar surface area (TPSA) is 38.3 Å². The zero-order chi connectivity index (χ0) is 11.4. The molecule has 0 aliphatic rings. The van der Waals surface area contributed by atoms with Crippen LogP contribution in [-0.2, 0) is 4.79 Å². The predicted octanol–water partition coefficient (Wildman–Crippen LogP) is 3.01. The van der Waals surface area contributed by atoms with E-state index in [2.05, 4.69) is 5.32 Å². The lowest BCUT2D eigenvalue weighted by Gasteiger charge is -2.11. The Labute approximate surface area is 94.4 Å². The first kappa shape index (κ1) is 11.9. The lowest BCUT2D eigenvalue weighted by atomic mass is 10.2. The molecule has 0 atom stereocenters. The number of carbonyl (C=O) groups excluding carboxylic acids is 1. The van der Waals surface area contributed by atoms with Gasteiger partial charge in [0.2, 0.25) is 5.91 Å². The standard InChI is InChI=1S/C11H14ClNO2/c1-4-11(14)13-9-6-8(12)7(2)5-10(9)15-3/h5-6H,4H2,1-3H3,(H,13,14). The van der Waals surface area contributed by atoms with E-state index in [1.54, 1.807) is 26.2 Å². The molecule has 0 aliphatic carbocycles. The Hall–Kier alpha value is -1.22. The maximum absolute atomic E-state index is 11.2. The number of carbonyl (C=O) groups is 1. The third-order valence-corrected chi connectivity index (χ3v) is 2.48. The number of nitrogens with one attached hydrogen (secondary N) is 1. The summed E-state index contributed by atoms with van der Waals surface area (Å²) in [5.74, 6) is 0.562. The first-order chi connectivity index (χ1) is 7.08. The van der Waals surface area contributed by atoms with Crippen molar-refractivity contribution in [1.29, 1.82) is 0 Å². The van der Waals surface area contributed by atoms with Gasteiger partial charge >= 0.3 is 0 Å².